The second-order valence-corrected chi connectivity index (χ2v) is 5.68. The van der Waals surface area contributed by atoms with Crippen LogP contribution in [0.25, 0.3) is 0 Å². The maximum atomic E-state index is 5.96. The molecule has 0 aromatic carbocycles. The molecule has 0 saturated heterocycles. The van der Waals surface area contributed by atoms with E-state index in [1.165, 1.54) is 32.1 Å². The smallest absolute Gasteiger partial charge is 0.0223 e. The minimum atomic E-state index is -0.0715. The SMILES string of the molecule is CC1CCCC(NCC(C)(C)N)CC1. The van der Waals surface area contributed by atoms with Crippen LogP contribution in [0.1, 0.15) is 52.9 Å². The van der Waals surface area contributed by atoms with Crippen LogP contribution in [0, 0.1) is 5.92 Å². The van der Waals surface area contributed by atoms with Crippen molar-refractivity contribution in [2.45, 2.75) is 64.5 Å². The standard InChI is InChI=1S/C12H26N2/c1-10-5-4-6-11(8-7-10)14-9-12(2,3)13/h10-11,14H,4-9,13H2,1-3H3. The van der Waals surface area contributed by atoms with Gasteiger partial charge in [-0.3, -0.25) is 0 Å². The maximum Gasteiger partial charge on any atom is 0.0223 e. The van der Waals surface area contributed by atoms with Crippen molar-refractivity contribution in [3.63, 3.8) is 0 Å². The molecule has 1 aliphatic carbocycles. The van der Waals surface area contributed by atoms with Gasteiger partial charge in [0.1, 0.15) is 0 Å². The number of nitrogens with one attached hydrogen (secondary N) is 1. The molecule has 2 nitrogen and oxygen atoms in total. The van der Waals surface area contributed by atoms with Crippen LogP contribution in [-0.2, 0) is 0 Å². The first-order valence-electron chi connectivity index (χ1n) is 5.99. The number of hydrogen-bond acceptors (Lipinski definition) is 2. The van der Waals surface area contributed by atoms with Crippen molar-refractivity contribution < 1.29 is 0 Å². The molecular weight excluding hydrogens is 172 g/mol. The monoisotopic (exact) mass is 198 g/mol. The first-order valence-corrected chi connectivity index (χ1v) is 5.99. The van der Waals surface area contributed by atoms with Crippen molar-refractivity contribution >= 4 is 0 Å². The summed E-state index contributed by atoms with van der Waals surface area (Å²) in [4.78, 5) is 0. The average Bonchev–Trinajstić information content (AvgIpc) is 2.25. The first-order chi connectivity index (χ1) is 6.47. The van der Waals surface area contributed by atoms with E-state index < -0.39 is 0 Å². The van der Waals surface area contributed by atoms with E-state index in [2.05, 4.69) is 26.1 Å². The Morgan fingerprint density at radius 1 is 1.21 bits per heavy atom. The van der Waals surface area contributed by atoms with Crippen LogP contribution >= 0.6 is 0 Å². The Bertz CT molecular complexity index is 160. The predicted molar refractivity (Wildman–Crippen MR) is 62.3 cm³/mol. The largest absolute Gasteiger partial charge is 0.324 e. The Kier molecular flexibility index (Phi) is 4.39. The topological polar surface area (TPSA) is 38.0 Å². The van der Waals surface area contributed by atoms with E-state index >= 15 is 0 Å². The number of hydrogen-bond donors (Lipinski definition) is 2. The lowest BCUT2D eigenvalue weighted by Crippen LogP contribution is -2.46. The van der Waals surface area contributed by atoms with Gasteiger partial charge in [-0.2, -0.15) is 0 Å². The minimum absolute atomic E-state index is 0.0715. The third kappa shape index (κ3) is 4.97. The number of nitrogens with two attached hydrogens (primary N) is 1. The molecule has 2 unspecified atom stereocenters. The van der Waals surface area contributed by atoms with Gasteiger partial charge in [0, 0.05) is 18.1 Å². The zero-order valence-electron chi connectivity index (χ0n) is 9.97. The van der Waals surface area contributed by atoms with Gasteiger partial charge in [0.2, 0.25) is 0 Å². The molecule has 0 amide bonds. The summed E-state index contributed by atoms with van der Waals surface area (Å²) in [5.41, 5.74) is 5.88. The molecule has 0 aliphatic heterocycles. The van der Waals surface area contributed by atoms with E-state index in [9.17, 15) is 0 Å². The van der Waals surface area contributed by atoms with Crippen LogP contribution in [0.5, 0.6) is 0 Å². The van der Waals surface area contributed by atoms with Gasteiger partial charge >= 0.3 is 0 Å². The Hall–Kier alpha value is -0.0800. The number of rotatable bonds is 3. The van der Waals surface area contributed by atoms with Crippen LogP contribution < -0.4 is 11.1 Å². The lowest BCUT2D eigenvalue weighted by molar-refractivity contribution is 0.388. The predicted octanol–water partition coefficient (Wildman–Crippen LogP) is 2.28. The van der Waals surface area contributed by atoms with Crippen molar-refractivity contribution in [3.05, 3.63) is 0 Å². The Labute approximate surface area is 88.6 Å². The van der Waals surface area contributed by atoms with Crippen LogP contribution in [-0.4, -0.2) is 18.1 Å². The molecule has 84 valence electrons. The van der Waals surface area contributed by atoms with Gasteiger partial charge in [-0.25, -0.2) is 0 Å². The molecule has 0 bridgehead atoms. The molecule has 3 N–H and O–H groups in total. The molecule has 14 heavy (non-hydrogen) atoms. The summed E-state index contributed by atoms with van der Waals surface area (Å²) >= 11 is 0. The molecule has 0 heterocycles. The highest BCUT2D eigenvalue weighted by Gasteiger charge is 2.18. The summed E-state index contributed by atoms with van der Waals surface area (Å²) in [6.07, 6.45) is 6.83. The molecule has 0 spiro atoms. The normalized spacial score (nSPS) is 30.0. The molecule has 1 aliphatic rings. The Morgan fingerprint density at radius 2 is 1.93 bits per heavy atom. The lowest BCUT2D eigenvalue weighted by Gasteiger charge is -2.24. The fraction of sp³-hybridized carbons (Fsp3) is 1.00. The van der Waals surface area contributed by atoms with E-state index in [0.29, 0.717) is 6.04 Å². The lowest BCUT2D eigenvalue weighted by atomic mass is 10.0. The third-order valence-electron chi connectivity index (χ3n) is 3.10. The summed E-state index contributed by atoms with van der Waals surface area (Å²) in [5, 5.41) is 3.60. The molecule has 2 atom stereocenters. The zero-order valence-corrected chi connectivity index (χ0v) is 9.97. The van der Waals surface area contributed by atoms with Crippen LogP contribution in [0.4, 0.5) is 0 Å². The van der Waals surface area contributed by atoms with Gasteiger partial charge in [0.25, 0.3) is 0 Å². The molecule has 1 saturated carbocycles. The second kappa shape index (κ2) is 5.13. The van der Waals surface area contributed by atoms with Gasteiger partial charge in [-0.1, -0.05) is 19.8 Å². The molecule has 0 aromatic heterocycles. The highest BCUT2D eigenvalue weighted by Crippen LogP contribution is 2.22. The maximum absolute atomic E-state index is 5.96. The van der Waals surface area contributed by atoms with E-state index in [1.807, 2.05) is 0 Å². The molecule has 2 heteroatoms. The fourth-order valence-electron chi connectivity index (χ4n) is 2.10. The van der Waals surface area contributed by atoms with E-state index in [0.717, 1.165) is 12.5 Å². The molecule has 0 aromatic rings. The van der Waals surface area contributed by atoms with Crippen LogP contribution in [0.3, 0.4) is 0 Å². The van der Waals surface area contributed by atoms with Crippen molar-refractivity contribution in [3.8, 4) is 0 Å². The highest BCUT2D eigenvalue weighted by molar-refractivity contribution is 4.80. The molecule has 1 fully saturated rings. The van der Waals surface area contributed by atoms with Gasteiger partial charge in [0.05, 0.1) is 0 Å². The summed E-state index contributed by atoms with van der Waals surface area (Å²) in [6, 6.07) is 0.711. The summed E-state index contributed by atoms with van der Waals surface area (Å²) in [5.74, 6) is 0.924. The Balaban J connectivity index is 2.24. The first kappa shape index (κ1) is 12.0. The summed E-state index contributed by atoms with van der Waals surface area (Å²) in [6.45, 7) is 7.47. The van der Waals surface area contributed by atoms with Crippen LogP contribution in [0.15, 0.2) is 0 Å². The summed E-state index contributed by atoms with van der Waals surface area (Å²) in [7, 11) is 0. The zero-order chi connectivity index (χ0) is 10.6. The van der Waals surface area contributed by atoms with E-state index in [1.54, 1.807) is 0 Å². The van der Waals surface area contributed by atoms with Crippen molar-refractivity contribution in [1.82, 2.24) is 5.32 Å². The van der Waals surface area contributed by atoms with Gasteiger partial charge in [-0.15, -0.1) is 0 Å². The van der Waals surface area contributed by atoms with Gasteiger partial charge < -0.3 is 11.1 Å². The quantitative estimate of drug-likeness (QED) is 0.683. The van der Waals surface area contributed by atoms with Crippen molar-refractivity contribution in [2.24, 2.45) is 11.7 Å². The Morgan fingerprint density at radius 3 is 2.57 bits per heavy atom. The van der Waals surface area contributed by atoms with Crippen molar-refractivity contribution in [1.29, 1.82) is 0 Å². The van der Waals surface area contributed by atoms with E-state index in [4.69, 9.17) is 5.73 Å². The minimum Gasteiger partial charge on any atom is -0.324 e. The highest BCUT2D eigenvalue weighted by atomic mass is 15.0. The van der Waals surface area contributed by atoms with E-state index in [-0.39, 0.29) is 5.54 Å². The second-order valence-electron chi connectivity index (χ2n) is 5.68. The fourth-order valence-corrected chi connectivity index (χ4v) is 2.10. The molecular formula is C12H26N2. The van der Waals surface area contributed by atoms with Gasteiger partial charge in [0.15, 0.2) is 0 Å². The van der Waals surface area contributed by atoms with Crippen LogP contribution in [0.2, 0.25) is 0 Å². The van der Waals surface area contributed by atoms with Crippen molar-refractivity contribution in [2.75, 3.05) is 6.54 Å². The molecule has 0 radical (unpaired) electrons. The third-order valence-corrected chi connectivity index (χ3v) is 3.10. The molecule has 1 rings (SSSR count). The summed E-state index contributed by atoms with van der Waals surface area (Å²) < 4.78 is 0. The average molecular weight is 198 g/mol. The van der Waals surface area contributed by atoms with Gasteiger partial charge in [-0.05, 0) is 39.0 Å².